The number of nitro groups is 1. The van der Waals surface area contributed by atoms with Gasteiger partial charge in [-0.1, -0.05) is 0 Å². The molecule has 0 bridgehead atoms. The summed E-state index contributed by atoms with van der Waals surface area (Å²) in [6, 6.07) is 2.44. The Morgan fingerprint density at radius 3 is 2.35 bits per heavy atom. The number of ketones is 1. The third kappa shape index (κ3) is 2.68. The minimum atomic E-state index is -3.93. The molecule has 1 heterocycles. The topological polar surface area (TPSA) is 97.6 Å². The Morgan fingerprint density at radius 1 is 1.25 bits per heavy atom. The summed E-state index contributed by atoms with van der Waals surface area (Å²) in [6.07, 6.45) is 0.239. The molecule has 1 aromatic carbocycles. The molecule has 0 saturated carbocycles. The lowest BCUT2D eigenvalue weighted by atomic mass is 10.1. The standard InChI is InChI=1S/C11H11FN2O5S/c12-10-7-9(1-2-11(10)14(16)17)20(18,19)13-5-3-8(15)4-6-13/h1-2,7H,3-6H2. The number of carbonyl (C=O) groups is 1. The molecule has 0 radical (unpaired) electrons. The van der Waals surface area contributed by atoms with Crippen LogP contribution in [0.25, 0.3) is 0 Å². The molecule has 7 nitrogen and oxygen atoms in total. The maximum absolute atomic E-state index is 13.5. The van der Waals surface area contributed by atoms with E-state index in [4.69, 9.17) is 0 Å². The Bertz CT molecular complexity index is 663. The van der Waals surface area contributed by atoms with Crippen LogP contribution in [-0.2, 0) is 14.8 Å². The highest BCUT2D eigenvalue weighted by Gasteiger charge is 2.29. The second-order valence-corrected chi connectivity index (χ2v) is 6.25. The summed E-state index contributed by atoms with van der Waals surface area (Å²) in [5.41, 5.74) is -0.780. The molecular weight excluding hydrogens is 291 g/mol. The van der Waals surface area contributed by atoms with E-state index in [1.54, 1.807) is 0 Å². The first kappa shape index (κ1) is 14.5. The SMILES string of the molecule is O=C1CCN(S(=O)(=O)c2ccc([N+](=O)[O-])c(F)c2)CC1. The van der Waals surface area contributed by atoms with Crippen molar-refractivity contribution in [3.8, 4) is 0 Å². The Balaban J connectivity index is 2.33. The van der Waals surface area contributed by atoms with Crippen molar-refractivity contribution in [2.45, 2.75) is 17.7 Å². The lowest BCUT2D eigenvalue weighted by molar-refractivity contribution is -0.387. The first-order chi connectivity index (χ1) is 9.32. The highest BCUT2D eigenvalue weighted by atomic mass is 32.2. The molecule has 1 fully saturated rings. The fourth-order valence-corrected chi connectivity index (χ4v) is 3.38. The second kappa shape index (κ2) is 5.25. The third-order valence-corrected chi connectivity index (χ3v) is 4.93. The van der Waals surface area contributed by atoms with Gasteiger partial charge in [0.2, 0.25) is 15.8 Å². The van der Waals surface area contributed by atoms with Gasteiger partial charge in [-0.25, -0.2) is 8.42 Å². The van der Waals surface area contributed by atoms with E-state index in [0.717, 1.165) is 16.4 Å². The first-order valence-corrected chi connectivity index (χ1v) is 7.22. The summed E-state index contributed by atoms with van der Waals surface area (Å²) in [6.45, 7) is 0.0829. The van der Waals surface area contributed by atoms with Crippen molar-refractivity contribution in [3.63, 3.8) is 0 Å². The summed E-state index contributed by atoms with van der Waals surface area (Å²) in [5, 5.41) is 10.5. The number of hydrogen-bond acceptors (Lipinski definition) is 5. The van der Waals surface area contributed by atoms with Gasteiger partial charge < -0.3 is 0 Å². The molecule has 0 amide bonds. The van der Waals surface area contributed by atoms with Gasteiger partial charge >= 0.3 is 5.69 Å². The molecule has 1 aliphatic heterocycles. The van der Waals surface area contributed by atoms with Crippen LogP contribution in [0.15, 0.2) is 23.1 Å². The van der Waals surface area contributed by atoms with Crippen LogP contribution in [0.3, 0.4) is 0 Å². The number of Topliss-reactive ketones (excluding diaryl/α,β-unsaturated/α-hetero) is 1. The molecule has 9 heteroatoms. The molecule has 0 unspecified atom stereocenters. The monoisotopic (exact) mass is 302 g/mol. The van der Waals surface area contributed by atoms with E-state index < -0.39 is 26.5 Å². The fourth-order valence-electron chi connectivity index (χ4n) is 1.92. The van der Waals surface area contributed by atoms with Crippen molar-refractivity contribution in [1.29, 1.82) is 0 Å². The number of hydrogen-bond donors (Lipinski definition) is 0. The molecule has 1 aromatic rings. The van der Waals surface area contributed by atoms with Crippen molar-refractivity contribution < 1.29 is 22.5 Å². The number of nitro benzene ring substituents is 1. The lowest BCUT2D eigenvalue weighted by Crippen LogP contribution is -2.38. The van der Waals surface area contributed by atoms with Crippen molar-refractivity contribution in [1.82, 2.24) is 4.31 Å². The van der Waals surface area contributed by atoms with Gasteiger partial charge in [0.05, 0.1) is 9.82 Å². The van der Waals surface area contributed by atoms with Crippen LogP contribution < -0.4 is 0 Å². The maximum Gasteiger partial charge on any atom is 0.304 e. The third-order valence-electron chi connectivity index (χ3n) is 3.03. The second-order valence-electron chi connectivity index (χ2n) is 4.31. The molecule has 20 heavy (non-hydrogen) atoms. The number of sulfonamides is 1. The van der Waals surface area contributed by atoms with Gasteiger partial charge in [0, 0.05) is 38.1 Å². The predicted octanol–water partition coefficient (Wildman–Crippen LogP) is 1.09. The minimum Gasteiger partial charge on any atom is -0.300 e. The summed E-state index contributed by atoms with van der Waals surface area (Å²) < 4.78 is 39.0. The summed E-state index contributed by atoms with van der Waals surface area (Å²) in [7, 11) is -3.93. The molecule has 0 aromatic heterocycles. The van der Waals surface area contributed by atoms with Crippen LogP contribution in [0.2, 0.25) is 0 Å². The lowest BCUT2D eigenvalue weighted by Gasteiger charge is -2.25. The largest absolute Gasteiger partial charge is 0.304 e. The van der Waals surface area contributed by atoms with Gasteiger partial charge in [-0.3, -0.25) is 14.9 Å². The van der Waals surface area contributed by atoms with E-state index in [9.17, 15) is 27.7 Å². The molecule has 108 valence electrons. The number of nitrogens with zero attached hydrogens (tertiary/aromatic N) is 2. The number of halogens is 1. The highest BCUT2D eigenvalue weighted by Crippen LogP contribution is 2.24. The van der Waals surface area contributed by atoms with Crippen molar-refractivity contribution in [2.24, 2.45) is 0 Å². The highest BCUT2D eigenvalue weighted by molar-refractivity contribution is 7.89. The number of carbonyl (C=O) groups excluding carboxylic acids is 1. The average molecular weight is 302 g/mol. The molecule has 0 spiro atoms. The zero-order valence-corrected chi connectivity index (χ0v) is 11.1. The molecule has 0 aliphatic carbocycles. The zero-order valence-electron chi connectivity index (χ0n) is 10.3. The summed E-state index contributed by atoms with van der Waals surface area (Å²) >= 11 is 0. The number of piperidine rings is 1. The van der Waals surface area contributed by atoms with E-state index in [-0.39, 0.29) is 36.6 Å². The summed E-state index contributed by atoms with van der Waals surface area (Å²) in [5.74, 6) is -1.23. The normalized spacial score (nSPS) is 17.1. The minimum absolute atomic E-state index is 0.0219. The van der Waals surface area contributed by atoms with Crippen LogP contribution in [0, 0.1) is 15.9 Å². The van der Waals surface area contributed by atoms with Crippen molar-refractivity contribution in [3.05, 3.63) is 34.1 Å². The quantitative estimate of drug-likeness (QED) is 0.615. The van der Waals surface area contributed by atoms with Gasteiger partial charge in [-0.05, 0) is 6.07 Å². The van der Waals surface area contributed by atoms with Crippen LogP contribution >= 0.6 is 0 Å². The van der Waals surface area contributed by atoms with E-state index in [2.05, 4.69) is 0 Å². The van der Waals surface area contributed by atoms with Crippen LogP contribution in [0.1, 0.15) is 12.8 Å². The van der Waals surface area contributed by atoms with Crippen molar-refractivity contribution >= 4 is 21.5 Å². The Hall–Kier alpha value is -1.87. The zero-order chi connectivity index (χ0) is 14.9. The molecule has 2 rings (SSSR count). The Labute approximate surface area is 114 Å². The van der Waals surface area contributed by atoms with Gasteiger partial charge in [0.15, 0.2) is 0 Å². The van der Waals surface area contributed by atoms with E-state index in [1.807, 2.05) is 0 Å². The Kier molecular flexibility index (Phi) is 3.82. The van der Waals surface area contributed by atoms with E-state index in [1.165, 1.54) is 0 Å². The van der Waals surface area contributed by atoms with Gasteiger partial charge in [-0.15, -0.1) is 0 Å². The molecule has 0 atom stereocenters. The number of rotatable bonds is 3. The maximum atomic E-state index is 13.5. The van der Waals surface area contributed by atoms with E-state index in [0.29, 0.717) is 6.07 Å². The first-order valence-electron chi connectivity index (χ1n) is 5.78. The van der Waals surface area contributed by atoms with Gasteiger partial charge in [0.1, 0.15) is 5.78 Å². The Morgan fingerprint density at radius 2 is 1.85 bits per heavy atom. The van der Waals surface area contributed by atoms with Gasteiger partial charge in [-0.2, -0.15) is 8.70 Å². The molecule has 0 N–H and O–H groups in total. The summed E-state index contributed by atoms with van der Waals surface area (Å²) in [4.78, 5) is 20.3. The smallest absolute Gasteiger partial charge is 0.300 e. The average Bonchev–Trinajstić information content (AvgIpc) is 2.38. The molecule has 1 aliphatic rings. The van der Waals surface area contributed by atoms with Crippen molar-refractivity contribution in [2.75, 3.05) is 13.1 Å². The van der Waals surface area contributed by atoms with Crippen LogP contribution in [0.5, 0.6) is 0 Å². The number of benzene rings is 1. The fraction of sp³-hybridized carbons (Fsp3) is 0.364. The van der Waals surface area contributed by atoms with Gasteiger partial charge in [0.25, 0.3) is 0 Å². The van der Waals surface area contributed by atoms with E-state index >= 15 is 0 Å². The molecular formula is C11H11FN2O5S. The van der Waals surface area contributed by atoms with Crippen LogP contribution in [-0.4, -0.2) is 36.5 Å². The predicted molar refractivity (Wildman–Crippen MR) is 66.1 cm³/mol. The van der Waals surface area contributed by atoms with Crippen LogP contribution in [0.4, 0.5) is 10.1 Å². The molecule has 1 saturated heterocycles.